The van der Waals surface area contributed by atoms with E-state index in [1.807, 2.05) is 0 Å². The Kier molecular flexibility index (Phi) is 5.56. The van der Waals surface area contributed by atoms with Crippen molar-refractivity contribution in [2.75, 3.05) is 32.1 Å². The number of amides is 1. The van der Waals surface area contributed by atoms with Gasteiger partial charge >= 0.3 is 0 Å². The maximum Gasteiger partial charge on any atom is 0.247 e. The summed E-state index contributed by atoms with van der Waals surface area (Å²) in [4.78, 5) is 11.8. The van der Waals surface area contributed by atoms with Gasteiger partial charge in [-0.15, -0.1) is 0 Å². The fraction of sp³-hybridized carbons (Fsp3) is 0.769. The van der Waals surface area contributed by atoms with Crippen molar-refractivity contribution in [2.45, 2.75) is 25.7 Å². The third kappa shape index (κ3) is 4.88. The smallest absolute Gasteiger partial charge is 0.247 e. The minimum Gasteiger partial charge on any atom is -0.377 e. The maximum absolute atomic E-state index is 11.8. The van der Waals surface area contributed by atoms with Crippen molar-refractivity contribution in [1.82, 2.24) is 10.0 Å². The molecule has 0 radical (unpaired) electrons. The van der Waals surface area contributed by atoms with Crippen LogP contribution in [0.3, 0.4) is 0 Å². The fourth-order valence-corrected chi connectivity index (χ4v) is 3.16. The van der Waals surface area contributed by atoms with E-state index in [4.69, 9.17) is 4.74 Å². The van der Waals surface area contributed by atoms with E-state index in [2.05, 4.69) is 10.0 Å². The molecule has 2 aliphatic rings. The molecule has 2 N–H and O–H groups in total. The van der Waals surface area contributed by atoms with Gasteiger partial charge in [-0.2, -0.15) is 0 Å². The summed E-state index contributed by atoms with van der Waals surface area (Å²) in [6, 6.07) is 0. The normalized spacial score (nSPS) is 20.1. The Morgan fingerprint density at radius 3 is 2.80 bits per heavy atom. The number of hydrogen-bond acceptors (Lipinski definition) is 4. The highest BCUT2D eigenvalue weighted by atomic mass is 32.2. The van der Waals surface area contributed by atoms with Gasteiger partial charge in [-0.05, 0) is 18.8 Å². The number of rotatable bonds is 7. The molecular weight excluding hydrogens is 280 g/mol. The lowest BCUT2D eigenvalue weighted by Crippen LogP contribution is -2.38. The van der Waals surface area contributed by atoms with E-state index in [-0.39, 0.29) is 18.2 Å². The minimum atomic E-state index is -3.29. The quantitative estimate of drug-likeness (QED) is 0.702. The van der Waals surface area contributed by atoms with Crippen LogP contribution in [0.5, 0.6) is 0 Å². The molecule has 0 aromatic carbocycles. The van der Waals surface area contributed by atoms with E-state index in [1.165, 1.54) is 6.42 Å². The Hall–Kier alpha value is -0.920. The fourth-order valence-electron chi connectivity index (χ4n) is 2.16. The van der Waals surface area contributed by atoms with E-state index in [0.717, 1.165) is 12.8 Å². The van der Waals surface area contributed by atoms with E-state index >= 15 is 0 Å². The van der Waals surface area contributed by atoms with Crippen LogP contribution in [0.4, 0.5) is 0 Å². The molecule has 2 rings (SSSR count). The molecule has 1 amide bonds. The molecule has 0 spiro atoms. The lowest BCUT2D eigenvalue weighted by molar-refractivity contribution is -0.117. The van der Waals surface area contributed by atoms with Crippen LogP contribution in [0, 0.1) is 5.92 Å². The van der Waals surface area contributed by atoms with Crippen molar-refractivity contribution in [2.24, 2.45) is 5.92 Å². The van der Waals surface area contributed by atoms with Gasteiger partial charge in [0.25, 0.3) is 0 Å². The summed E-state index contributed by atoms with van der Waals surface area (Å²) < 4.78 is 31.2. The lowest BCUT2D eigenvalue weighted by Gasteiger charge is -2.25. The Balaban J connectivity index is 1.65. The first-order chi connectivity index (χ1) is 9.57. The largest absolute Gasteiger partial charge is 0.377 e. The second-order valence-electron chi connectivity index (χ2n) is 5.27. The lowest BCUT2D eigenvalue weighted by atomic mass is 9.86. The first-order valence-electron chi connectivity index (χ1n) is 7.09. The summed E-state index contributed by atoms with van der Waals surface area (Å²) in [5.41, 5.74) is 0.677. The predicted octanol–water partition coefficient (Wildman–Crippen LogP) is 0.169. The van der Waals surface area contributed by atoms with Gasteiger partial charge in [-0.1, -0.05) is 12.5 Å². The standard InChI is InChI=1S/C13H22N2O4S/c16-13(12-4-7-19-8-5-12)14-6-9-20(17,18)15-10-11-2-1-3-11/h4,11,15H,1-3,5-10H2,(H,14,16). The highest BCUT2D eigenvalue weighted by molar-refractivity contribution is 7.89. The molecule has 6 nitrogen and oxygen atoms in total. The van der Waals surface area contributed by atoms with E-state index in [0.29, 0.717) is 37.7 Å². The average Bonchev–Trinajstić information content (AvgIpc) is 2.37. The van der Waals surface area contributed by atoms with Crippen LogP contribution in [-0.2, 0) is 19.6 Å². The molecule has 1 heterocycles. The Bertz CT molecular complexity index is 469. The molecule has 20 heavy (non-hydrogen) atoms. The molecule has 0 bridgehead atoms. The van der Waals surface area contributed by atoms with E-state index < -0.39 is 10.0 Å². The molecule has 1 saturated carbocycles. The highest BCUT2D eigenvalue weighted by Crippen LogP contribution is 2.25. The third-order valence-electron chi connectivity index (χ3n) is 3.73. The molecule has 0 aromatic heterocycles. The predicted molar refractivity (Wildman–Crippen MR) is 75.7 cm³/mol. The molecule has 1 fully saturated rings. The van der Waals surface area contributed by atoms with Gasteiger partial charge in [0, 0.05) is 25.1 Å². The van der Waals surface area contributed by atoms with Crippen molar-refractivity contribution in [3.8, 4) is 0 Å². The van der Waals surface area contributed by atoms with Crippen LogP contribution in [0.25, 0.3) is 0 Å². The van der Waals surface area contributed by atoms with Gasteiger partial charge in [0.15, 0.2) is 0 Å². The molecule has 114 valence electrons. The summed E-state index contributed by atoms with van der Waals surface area (Å²) in [7, 11) is -3.29. The van der Waals surface area contributed by atoms with E-state index in [9.17, 15) is 13.2 Å². The number of carbonyl (C=O) groups excluding carboxylic acids is 1. The monoisotopic (exact) mass is 302 g/mol. The minimum absolute atomic E-state index is 0.0742. The molecule has 1 aliphatic carbocycles. The first-order valence-corrected chi connectivity index (χ1v) is 8.74. The Morgan fingerprint density at radius 2 is 2.20 bits per heavy atom. The van der Waals surface area contributed by atoms with Gasteiger partial charge in [-0.25, -0.2) is 13.1 Å². The average molecular weight is 302 g/mol. The Morgan fingerprint density at radius 1 is 1.40 bits per heavy atom. The zero-order valence-corrected chi connectivity index (χ0v) is 12.4. The van der Waals surface area contributed by atoms with Crippen molar-refractivity contribution < 1.29 is 17.9 Å². The summed E-state index contributed by atoms with van der Waals surface area (Å²) >= 11 is 0. The molecule has 0 aromatic rings. The number of carbonyl (C=O) groups is 1. The second kappa shape index (κ2) is 7.19. The molecule has 0 unspecified atom stereocenters. The van der Waals surface area contributed by atoms with Crippen LogP contribution < -0.4 is 10.0 Å². The van der Waals surface area contributed by atoms with Gasteiger partial charge in [-0.3, -0.25) is 4.79 Å². The van der Waals surface area contributed by atoms with Crippen LogP contribution >= 0.6 is 0 Å². The topological polar surface area (TPSA) is 84.5 Å². The third-order valence-corrected chi connectivity index (χ3v) is 5.08. The van der Waals surface area contributed by atoms with Gasteiger partial charge < -0.3 is 10.1 Å². The highest BCUT2D eigenvalue weighted by Gasteiger charge is 2.20. The van der Waals surface area contributed by atoms with Crippen molar-refractivity contribution in [3.63, 3.8) is 0 Å². The molecule has 1 aliphatic heterocycles. The molecule has 0 atom stereocenters. The van der Waals surface area contributed by atoms with E-state index in [1.54, 1.807) is 6.08 Å². The van der Waals surface area contributed by atoms with Crippen LogP contribution in [0.1, 0.15) is 25.7 Å². The number of ether oxygens (including phenoxy) is 1. The first kappa shape index (κ1) is 15.5. The Labute approximate surface area is 120 Å². The molecular formula is C13H22N2O4S. The SMILES string of the molecule is O=C(NCCS(=O)(=O)NCC1CCC1)C1=CCOCC1. The summed E-state index contributed by atoms with van der Waals surface area (Å²) in [5, 5.41) is 2.64. The molecule has 0 saturated heterocycles. The summed E-state index contributed by atoms with van der Waals surface area (Å²) in [5.74, 6) is 0.226. The number of sulfonamides is 1. The van der Waals surface area contributed by atoms with Gasteiger partial charge in [0.2, 0.25) is 15.9 Å². The van der Waals surface area contributed by atoms with Crippen LogP contribution in [-0.4, -0.2) is 46.4 Å². The second-order valence-corrected chi connectivity index (χ2v) is 7.20. The van der Waals surface area contributed by atoms with Crippen LogP contribution in [0.2, 0.25) is 0 Å². The van der Waals surface area contributed by atoms with Crippen molar-refractivity contribution >= 4 is 15.9 Å². The molecule has 7 heteroatoms. The maximum atomic E-state index is 11.8. The summed E-state index contributed by atoms with van der Waals surface area (Å²) in [6.45, 7) is 1.65. The summed E-state index contributed by atoms with van der Waals surface area (Å²) in [6.07, 6.45) is 5.73. The zero-order chi connectivity index (χ0) is 14.4. The number of hydrogen-bond donors (Lipinski definition) is 2. The van der Waals surface area contributed by atoms with Crippen LogP contribution in [0.15, 0.2) is 11.6 Å². The van der Waals surface area contributed by atoms with Gasteiger partial charge in [0.1, 0.15) is 0 Å². The number of nitrogens with one attached hydrogen (secondary N) is 2. The van der Waals surface area contributed by atoms with Crippen molar-refractivity contribution in [1.29, 1.82) is 0 Å². The van der Waals surface area contributed by atoms with Gasteiger partial charge in [0.05, 0.1) is 19.0 Å². The van der Waals surface area contributed by atoms with Crippen molar-refractivity contribution in [3.05, 3.63) is 11.6 Å². The zero-order valence-electron chi connectivity index (χ0n) is 11.6.